The van der Waals surface area contributed by atoms with Crippen LogP contribution in [-0.4, -0.2) is 18.2 Å². The van der Waals surface area contributed by atoms with Crippen molar-refractivity contribution in [2.24, 2.45) is 4.99 Å². The Labute approximate surface area is 194 Å². The average Bonchev–Trinajstić information content (AvgIpc) is 2.85. The topological polar surface area (TPSA) is 41.5 Å². The van der Waals surface area contributed by atoms with E-state index < -0.39 is 0 Å². The summed E-state index contributed by atoms with van der Waals surface area (Å²) in [6, 6.07) is 35.6. The van der Waals surface area contributed by atoms with Gasteiger partial charge in [-0.25, -0.2) is 4.99 Å². The van der Waals surface area contributed by atoms with E-state index in [1.54, 1.807) is 12.1 Å². The molecule has 4 aromatic carbocycles. The summed E-state index contributed by atoms with van der Waals surface area (Å²) in [5, 5.41) is 3.00. The van der Waals surface area contributed by atoms with Crippen molar-refractivity contribution < 1.29 is 4.79 Å². The molecule has 0 spiro atoms. The zero-order chi connectivity index (χ0) is 22.2. The van der Waals surface area contributed by atoms with Crippen LogP contribution in [0, 0.1) is 0 Å². The zero-order valence-corrected chi connectivity index (χ0v) is 18.5. The van der Waals surface area contributed by atoms with Crippen LogP contribution in [0.5, 0.6) is 0 Å². The summed E-state index contributed by atoms with van der Waals surface area (Å²) in [6.07, 6.45) is 0.786. The molecule has 1 amide bonds. The lowest BCUT2D eigenvalue weighted by atomic mass is 10.0. The van der Waals surface area contributed by atoms with Crippen molar-refractivity contribution in [3.8, 4) is 0 Å². The molecule has 0 aromatic heterocycles. The number of carbonyl (C=O) groups excluding carboxylic acids is 1. The normalized spacial score (nSPS) is 10.4. The molecule has 32 heavy (non-hydrogen) atoms. The van der Waals surface area contributed by atoms with Crippen molar-refractivity contribution in [3.63, 3.8) is 0 Å². The van der Waals surface area contributed by atoms with Crippen molar-refractivity contribution >= 4 is 29.9 Å². The summed E-state index contributed by atoms with van der Waals surface area (Å²) in [6.45, 7) is 0.573. The van der Waals surface area contributed by atoms with Crippen LogP contribution in [0.25, 0.3) is 0 Å². The second kappa shape index (κ2) is 10.6. The molecule has 0 atom stereocenters. The van der Waals surface area contributed by atoms with Gasteiger partial charge in [0.2, 0.25) is 0 Å². The molecule has 0 aliphatic heterocycles. The minimum absolute atomic E-state index is 0.119. The van der Waals surface area contributed by atoms with Gasteiger partial charge in [0.25, 0.3) is 5.91 Å². The zero-order valence-electron chi connectivity index (χ0n) is 17.6. The predicted octanol–water partition coefficient (Wildman–Crippen LogP) is 6.12. The first-order valence-corrected chi connectivity index (χ1v) is 11.0. The Morgan fingerprint density at radius 3 is 1.88 bits per heavy atom. The molecule has 0 bridgehead atoms. The first-order chi connectivity index (χ1) is 15.7. The van der Waals surface area contributed by atoms with Crippen molar-refractivity contribution in [1.29, 1.82) is 0 Å². The number of nitrogens with one attached hydrogen (secondary N) is 1. The lowest BCUT2D eigenvalue weighted by Gasteiger charge is -2.10. The maximum absolute atomic E-state index is 12.7. The molecule has 4 rings (SSSR count). The SMILES string of the molecule is O=C(NCCc1ccccc1)c1ccc(S)c(N=C(c2ccccc2)c2ccccc2)c1. The molecule has 0 unspecified atom stereocenters. The summed E-state index contributed by atoms with van der Waals surface area (Å²) in [7, 11) is 0. The maximum atomic E-state index is 12.7. The van der Waals surface area contributed by atoms with E-state index in [0.717, 1.165) is 28.2 Å². The van der Waals surface area contributed by atoms with E-state index in [9.17, 15) is 4.79 Å². The summed E-state index contributed by atoms with van der Waals surface area (Å²) < 4.78 is 0. The van der Waals surface area contributed by atoms with Gasteiger partial charge in [-0.15, -0.1) is 12.6 Å². The number of benzene rings is 4. The van der Waals surface area contributed by atoms with E-state index in [2.05, 4.69) is 30.1 Å². The number of carbonyl (C=O) groups is 1. The summed E-state index contributed by atoms with van der Waals surface area (Å²) in [5.74, 6) is -0.119. The van der Waals surface area contributed by atoms with Gasteiger partial charge in [-0.2, -0.15) is 0 Å². The van der Waals surface area contributed by atoms with E-state index >= 15 is 0 Å². The van der Waals surface area contributed by atoms with Crippen molar-refractivity contribution in [1.82, 2.24) is 5.32 Å². The summed E-state index contributed by atoms with van der Waals surface area (Å²) in [4.78, 5) is 18.4. The van der Waals surface area contributed by atoms with Gasteiger partial charge < -0.3 is 5.32 Å². The van der Waals surface area contributed by atoms with Gasteiger partial charge in [0.1, 0.15) is 0 Å². The van der Waals surface area contributed by atoms with Gasteiger partial charge >= 0.3 is 0 Å². The first-order valence-electron chi connectivity index (χ1n) is 10.6. The van der Waals surface area contributed by atoms with Crippen LogP contribution in [0.2, 0.25) is 0 Å². The number of rotatable bonds is 7. The quantitative estimate of drug-likeness (QED) is 0.266. The summed E-state index contributed by atoms with van der Waals surface area (Å²) in [5.41, 5.74) is 5.26. The molecule has 1 N–H and O–H groups in total. The van der Waals surface area contributed by atoms with Crippen LogP contribution in [0.15, 0.2) is 119 Å². The lowest BCUT2D eigenvalue weighted by molar-refractivity contribution is 0.0954. The molecule has 0 fully saturated rings. The third kappa shape index (κ3) is 5.54. The number of thiol groups is 1. The third-order valence-corrected chi connectivity index (χ3v) is 5.48. The van der Waals surface area contributed by atoms with Gasteiger partial charge in [0, 0.05) is 28.1 Å². The minimum atomic E-state index is -0.119. The standard InChI is InChI=1S/C28H24N2OS/c31-28(29-19-18-21-10-4-1-5-11-21)24-16-17-26(32)25(20-24)30-27(22-12-6-2-7-13-22)23-14-8-3-9-15-23/h1-17,20,32H,18-19H2,(H,29,31). The molecule has 0 aliphatic rings. The lowest BCUT2D eigenvalue weighted by Crippen LogP contribution is -2.25. The van der Waals surface area contributed by atoms with Crippen LogP contribution >= 0.6 is 12.6 Å². The van der Waals surface area contributed by atoms with Crippen molar-refractivity contribution in [2.75, 3.05) is 6.54 Å². The van der Waals surface area contributed by atoms with Gasteiger partial charge in [-0.1, -0.05) is 91.0 Å². The Morgan fingerprint density at radius 2 is 1.28 bits per heavy atom. The molecule has 0 saturated heterocycles. The minimum Gasteiger partial charge on any atom is -0.352 e. The Bertz CT molecular complexity index is 1160. The highest BCUT2D eigenvalue weighted by atomic mass is 32.1. The largest absolute Gasteiger partial charge is 0.352 e. The smallest absolute Gasteiger partial charge is 0.251 e. The highest BCUT2D eigenvalue weighted by molar-refractivity contribution is 7.80. The van der Waals surface area contributed by atoms with E-state index in [0.29, 0.717) is 17.8 Å². The number of amides is 1. The highest BCUT2D eigenvalue weighted by Crippen LogP contribution is 2.27. The number of nitrogens with zero attached hydrogens (tertiary/aromatic N) is 1. The molecule has 4 heteroatoms. The maximum Gasteiger partial charge on any atom is 0.251 e. The van der Waals surface area contributed by atoms with Crippen molar-refractivity contribution in [3.05, 3.63) is 131 Å². The Balaban J connectivity index is 1.59. The third-order valence-electron chi connectivity index (χ3n) is 5.11. The van der Waals surface area contributed by atoms with Crippen LogP contribution in [0.1, 0.15) is 27.0 Å². The Hall–Kier alpha value is -3.63. The molecule has 3 nitrogen and oxygen atoms in total. The monoisotopic (exact) mass is 436 g/mol. The second-order valence-corrected chi connectivity index (χ2v) is 7.87. The number of hydrogen-bond acceptors (Lipinski definition) is 3. The molecule has 0 radical (unpaired) electrons. The Morgan fingerprint density at radius 1 is 0.719 bits per heavy atom. The van der Waals surface area contributed by atoms with E-state index in [4.69, 9.17) is 4.99 Å². The van der Waals surface area contributed by atoms with Crippen LogP contribution in [0.4, 0.5) is 5.69 Å². The number of aliphatic imine (C=N–C) groups is 1. The molecular weight excluding hydrogens is 412 g/mol. The fourth-order valence-corrected chi connectivity index (χ4v) is 3.62. The van der Waals surface area contributed by atoms with E-state index in [1.807, 2.05) is 84.9 Å². The molecular formula is C28H24N2OS. The predicted molar refractivity (Wildman–Crippen MR) is 134 cm³/mol. The molecule has 4 aromatic rings. The van der Waals surface area contributed by atoms with Crippen molar-refractivity contribution in [2.45, 2.75) is 11.3 Å². The van der Waals surface area contributed by atoms with Crippen LogP contribution in [0.3, 0.4) is 0 Å². The molecule has 0 saturated carbocycles. The molecule has 158 valence electrons. The highest BCUT2D eigenvalue weighted by Gasteiger charge is 2.11. The van der Waals surface area contributed by atoms with Gasteiger partial charge in [0.15, 0.2) is 0 Å². The fourth-order valence-electron chi connectivity index (χ4n) is 3.43. The Kier molecular flexibility index (Phi) is 7.15. The first kappa shape index (κ1) is 21.6. The fraction of sp³-hybridized carbons (Fsp3) is 0.0714. The van der Waals surface area contributed by atoms with Crippen LogP contribution in [-0.2, 0) is 6.42 Å². The molecule has 0 heterocycles. The van der Waals surface area contributed by atoms with E-state index in [1.165, 1.54) is 5.56 Å². The molecule has 0 aliphatic carbocycles. The second-order valence-electron chi connectivity index (χ2n) is 7.39. The van der Waals surface area contributed by atoms with Gasteiger partial charge in [-0.05, 0) is 30.2 Å². The average molecular weight is 437 g/mol. The van der Waals surface area contributed by atoms with Gasteiger partial charge in [-0.3, -0.25) is 4.79 Å². The van der Waals surface area contributed by atoms with Crippen LogP contribution < -0.4 is 5.32 Å². The number of hydrogen-bond donors (Lipinski definition) is 2. The summed E-state index contributed by atoms with van der Waals surface area (Å²) >= 11 is 4.59. The van der Waals surface area contributed by atoms with Gasteiger partial charge in [0.05, 0.1) is 11.4 Å². The van der Waals surface area contributed by atoms with E-state index in [-0.39, 0.29) is 5.91 Å².